The molecule has 0 aromatic carbocycles. The molecule has 90 valence electrons. The Morgan fingerprint density at radius 1 is 1.38 bits per heavy atom. The molecule has 0 saturated heterocycles. The quantitative estimate of drug-likeness (QED) is 0.784. The van der Waals surface area contributed by atoms with Gasteiger partial charge in [-0.3, -0.25) is 4.98 Å². The number of rotatable bonds is 7. The monoisotopic (exact) mass is 240 g/mol. The molecule has 1 aromatic rings. The zero-order valence-corrected chi connectivity index (χ0v) is 10.9. The van der Waals surface area contributed by atoms with Crippen molar-refractivity contribution in [3.63, 3.8) is 0 Å². The number of unbranched alkanes of at least 4 members (excludes halogenated alkanes) is 1. The van der Waals surface area contributed by atoms with Crippen LogP contribution in [0.15, 0.2) is 18.3 Å². The van der Waals surface area contributed by atoms with Crippen LogP contribution in [0.2, 0.25) is 5.02 Å². The average Bonchev–Trinajstić information content (AvgIpc) is 2.32. The highest BCUT2D eigenvalue weighted by atomic mass is 35.5. The molecule has 0 fully saturated rings. The molecule has 0 radical (unpaired) electrons. The van der Waals surface area contributed by atoms with Crippen molar-refractivity contribution in [1.29, 1.82) is 0 Å². The topological polar surface area (TPSA) is 24.9 Å². The molecule has 16 heavy (non-hydrogen) atoms. The predicted octanol–water partition coefficient (Wildman–Crippen LogP) is 3.79. The molecular formula is C13H21ClN2. The van der Waals surface area contributed by atoms with E-state index in [1.165, 1.54) is 25.7 Å². The second-order valence-corrected chi connectivity index (χ2v) is 4.53. The average molecular weight is 241 g/mol. The molecule has 0 aliphatic carbocycles. The standard InChI is InChI=1S/C13H21ClN2/c1-3-5-6-12(4-2)16-10-13-8-7-11(14)9-15-13/h7-9,12,16H,3-6,10H2,1-2H3. The van der Waals surface area contributed by atoms with Gasteiger partial charge in [-0.05, 0) is 25.0 Å². The maximum absolute atomic E-state index is 5.79. The van der Waals surface area contributed by atoms with Gasteiger partial charge in [0.25, 0.3) is 0 Å². The Hall–Kier alpha value is -0.600. The van der Waals surface area contributed by atoms with Crippen molar-refractivity contribution in [3.8, 4) is 0 Å². The van der Waals surface area contributed by atoms with E-state index in [4.69, 9.17) is 11.6 Å². The van der Waals surface area contributed by atoms with E-state index in [0.29, 0.717) is 11.1 Å². The van der Waals surface area contributed by atoms with Crippen molar-refractivity contribution >= 4 is 11.6 Å². The summed E-state index contributed by atoms with van der Waals surface area (Å²) in [6.07, 6.45) is 6.68. The summed E-state index contributed by atoms with van der Waals surface area (Å²) in [6, 6.07) is 4.47. The lowest BCUT2D eigenvalue weighted by atomic mass is 10.1. The van der Waals surface area contributed by atoms with E-state index in [1.807, 2.05) is 12.1 Å². The maximum Gasteiger partial charge on any atom is 0.0589 e. The fourth-order valence-corrected chi connectivity index (χ4v) is 1.77. The van der Waals surface area contributed by atoms with Gasteiger partial charge >= 0.3 is 0 Å². The van der Waals surface area contributed by atoms with Gasteiger partial charge < -0.3 is 5.32 Å². The third kappa shape index (κ3) is 4.95. The molecule has 2 nitrogen and oxygen atoms in total. The Morgan fingerprint density at radius 3 is 2.75 bits per heavy atom. The molecule has 0 amide bonds. The van der Waals surface area contributed by atoms with Gasteiger partial charge in [-0.2, -0.15) is 0 Å². The fourth-order valence-electron chi connectivity index (χ4n) is 1.66. The molecule has 1 aromatic heterocycles. The van der Waals surface area contributed by atoms with Gasteiger partial charge in [-0.15, -0.1) is 0 Å². The summed E-state index contributed by atoms with van der Waals surface area (Å²) in [5.74, 6) is 0. The van der Waals surface area contributed by atoms with E-state index in [2.05, 4.69) is 24.1 Å². The molecule has 0 aliphatic rings. The second kappa shape index (κ2) is 7.64. The van der Waals surface area contributed by atoms with E-state index >= 15 is 0 Å². The zero-order valence-electron chi connectivity index (χ0n) is 10.2. The molecule has 1 unspecified atom stereocenters. The van der Waals surface area contributed by atoms with Gasteiger partial charge in [0, 0.05) is 18.8 Å². The van der Waals surface area contributed by atoms with Crippen LogP contribution in [0, 0.1) is 0 Å². The molecule has 3 heteroatoms. The lowest BCUT2D eigenvalue weighted by Crippen LogP contribution is -2.28. The Labute approximate surface area is 103 Å². The highest BCUT2D eigenvalue weighted by Gasteiger charge is 2.04. The first-order valence-corrected chi connectivity index (χ1v) is 6.47. The van der Waals surface area contributed by atoms with Gasteiger partial charge in [0.1, 0.15) is 0 Å². The minimum Gasteiger partial charge on any atom is -0.308 e. The molecule has 1 atom stereocenters. The van der Waals surface area contributed by atoms with Crippen LogP contribution in [0.1, 0.15) is 45.2 Å². The number of nitrogens with one attached hydrogen (secondary N) is 1. The first-order valence-electron chi connectivity index (χ1n) is 6.10. The number of hydrogen-bond donors (Lipinski definition) is 1. The second-order valence-electron chi connectivity index (χ2n) is 4.10. The van der Waals surface area contributed by atoms with Gasteiger partial charge in [-0.1, -0.05) is 38.3 Å². The molecule has 0 bridgehead atoms. The zero-order chi connectivity index (χ0) is 11.8. The van der Waals surface area contributed by atoms with Crippen molar-refractivity contribution in [1.82, 2.24) is 10.3 Å². The molecule has 0 spiro atoms. The van der Waals surface area contributed by atoms with Crippen LogP contribution in [0.5, 0.6) is 0 Å². The summed E-state index contributed by atoms with van der Waals surface area (Å²) < 4.78 is 0. The SMILES string of the molecule is CCCCC(CC)NCc1ccc(Cl)cn1. The van der Waals surface area contributed by atoms with Crippen LogP contribution in [-0.4, -0.2) is 11.0 Å². The van der Waals surface area contributed by atoms with E-state index in [9.17, 15) is 0 Å². The third-order valence-electron chi connectivity index (χ3n) is 2.76. The minimum atomic E-state index is 0.609. The van der Waals surface area contributed by atoms with E-state index < -0.39 is 0 Å². The van der Waals surface area contributed by atoms with Crippen molar-refractivity contribution in [3.05, 3.63) is 29.0 Å². The van der Waals surface area contributed by atoms with Crippen molar-refractivity contribution in [2.45, 2.75) is 52.1 Å². The normalized spacial score (nSPS) is 12.7. The summed E-state index contributed by atoms with van der Waals surface area (Å²) >= 11 is 5.79. The minimum absolute atomic E-state index is 0.609. The van der Waals surface area contributed by atoms with Gasteiger partial charge in [0.05, 0.1) is 10.7 Å². The van der Waals surface area contributed by atoms with Gasteiger partial charge in [0.15, 0.2) is 0 Å². The summed E-state index contributed by atoms with van der Waals surface area (Å²) in [4.78, 5) is 4.27. The Morgan fingerprint density at radius 2 is 2.19 bits per heavy atom. The van der Waals surface area contributed by atoms with Crippen LogP contribution in [-0.2, 0) is 6.54 Å². The molecule has 1 N–H and O–H groups in total. The summed E-state index contributed by atoms with van der Waals surface area (Å²) in [5, 5.41) is 4.23. The first kappa shape index (κ1) is 13.5. The van der Waals surface area contributed by atoms with Crippen LogP contribution in [0.25, 0.3) is 0 Å². The summed E-state index contributed by atoms with van der Waals surface area (Å²) in [7, 11) is 0. The van der Waals surface area contributed by atoms with Crippen molar-refractivity contribution < 1.29 is 0 Å². The van der Waals surface area contributed by atoms with Crippen LogP contribution >= 0.6 is 11.6 Å². The largest absolute Gasteiger partial charge is 0.308 e. The molecular weight excluding hydrogens is 220 g/mol. The van der Waals surface area contributed by atoms with E-state index in [1.54, 1.807) is 6.20 Å². The molecule has 0 aliphatic heterocycles. The highest BCUT2D eigenvalue weighted by Crippen LogP contribution is 2.08. The van der Waals surface area contributed by atoms with E-state index in [0.717, 1.165) is 12.2 Å². The number of aromatic nitrogens is 1. The Balaban J connectivity index is 2.34. The van der Waals surface area contributed by atoms with Crippen molar-refractivity contribution in [2.75, 3.05) is 0 Å². The van der Waals surface area contributed by atoms with E-state index in [-0.39, 0.29) is 0 Å². The van der Waals surface area contributed by atoms with Crippen LogP contribution in [0.3, 0.4) is 0 Å². The first-order chi connectivity index (χ1) is 7.76. The Kier molecular flexibility index (Phi) is 6.43. The van der Waals surface area contributed by atoms with Crippen LogP contribution < -0.4 is 5.32 Å². The lowest BCUT2D eigenvalue weighted by molar-refractivity contribution is 0.449. The van der Waals surface area contributed by atoms with Gasteiger partial charge in [0.2, 0.25) is 0 Å². The molecule has 1 rings (SSSR count). The fraction of sp³-hybridized carbons (Fsp3) is 0.615. The highest BCUT2D eigenvalue weighted by molar-refractivity contribution is 6.30. The van der Waals surface area contributed by atoms with Crippen molar-refractivity contribution in [2.24, 2.45) is 0 Å². The molecule has 1 heterocycles. The predicted molar refractivity (Wildman–Crippen MR) is 69.7 cm³/mol. The smallest absolute Gasteiger partial charge is 0.0589 e. The van der Waals surface area contributed by atoms with Crippen LogP contribution in [0.4, 0.5) is 0 Å². The number of pyridine rings is 1. The molecule has 0 saturated carbocycles. The summed E-state index contributed by atoms with van der Waals surface area (Å²) in [5.41, 5.74) is 1.05. The van der Waals surface area contributed by atoms with Gasteiger partial charge in [-0.25, -0.2) is 0 Å². The third-order valence-corrected chi connectivity index (χ3v) is 2.98. The summed E-state index contributed by atoms with van der Waals surface area (Å²) in [6.45, 7) is 5.29. The number of halogens is 1. The Bertz CT molecular complexity index is 284. The maximum atomic E-state index is 5.79. The number of hydrogen-bond acceptors (Lipinski definition) is 2. The number of nitrogens with zero attached hydrogens (tertiary/aromatic N) is 1. The lowest BCUT2D eigenvalue weighted by Gasteiger charge is -2.16.